The third kappa shape index (κ3) is 3.06. The molecular weight excluding hydrogens is 282 g/mol. The van der Waals surface area contributed by atoms with E-state index < -0.39 is 19.6 Å². The summed E-state index contributed by atoms with van der Waals surface area (Å²) in [6.45, 7) is 6.73. The monoisotopic (exact) mass is 299 g/mol. The Kier molecular flexibility index (Phi) is 3.76. The van der Waals surface area contributed by atoms with Crippen LogP contribution in [0.25, 0.3) is 0 Å². The van der Waals surface area contributed by atoms with E-state index in [0.717, 1.165) is 5.56 Å². The summed E-state index contributed by atoms with van der Waals surface area (Å²) < 4.78 is 0. The van der Waals surface area contributed by atoms with Crippen molar-refractivity contribution in [2.75, 3.05) is 13.1 Å². The number of nitrogens with zero attached hydrogens (tertiary/aromatic N) is 3. The van der Waals surface area contributed by atoms with Gasteiger partial charge in [0.05, 0.1) is 24.9 Å². The lowest BCUT2D eigenvalue weighted by Crippen LogP contribution is -2.60. The summed E-state index contributed by atoms with van der Waals surface area (Å²) in [7, 11) is -1.53. The van der Waals surface area contributed by atoms with E-state index >= 15 is 0 Å². The molecule has 0 saturated carbocycles. The Morgan fingerprint density at radius 3 is 2.67 bits per heavy atom. The molecule has 1 saturated heterocycles. The molecule has 2 rings (SSSR count). The van der Waals surface area contributed by atoms with Crippen molar-refractivity contribution in [3.8, 4) is 17.5 Å². The van der Waals surface area contributed by atoms with Crippen molar-refractivity contribution < 1.29 is 9.90 Å². The first-order valence-electron chi connectivity index (χ1n) is 6.65. The summed E-state index contributed by atoms with van der Waals surface area (Å²) in [6.07, 6.45) is 0.615. The number of hydrogen-bond donors (Lipinski definition) is 1. The first-order valence-corrected chi connectivity index (χ1v) is 10.2. The molecule has 0 atom stereocenters. The number of likely N-dealkylation sites (tertiary alicyclic amines) is 1. The Morgan fingerprint density at radius 1 is 1.48 bits per heavy atom. The van der Waals surface area contributed by atoms with Gasteiger partial charge in [-0.3, -0.25) is 4.98 Å². The largest absolute Gasteiger partial charge is 0.465 e. The molecule has 108 valence electrons. The van der Waals surface area contributed by atoms with E-state index in [4.69, 9.17) is 5.11 Å². The summed E-state index contributed by atoms with van der Waals surface area (Å²) in [6, 6.07) is 5.86. The number of rotatable bonds is 1. The summed E-state index contributed by atoms with van der Waals surface area (Å²) in [4.78, 5) is 16.5. The summed E-state index contributed by atoms with van der Waals surface area (Å²) >= 11 is 0. The van der Waals surface area contributed by atoms with Crippen molar-refractivity contribution in [3.05, 3.63) is 29.6 Å². The normalized spacial score (nSPS) is 16.2. The molecule has 0 bridgehead atoms. The van der Waals surface area contributed by atoms with E-state index in [1.165, 1.54) is 4.90 Å². The van der Waals surface area contributed by atoms with Crippen molar-refractivity contribution >= 4 is 14.2 Å². The predicted molar refractivity (Wildman–Crippen MR) is 81.3 cm³/mol. The molecule has 0 radical (unpaired) electrons. The number of carbonyl (C=O) groups is 1. The molecule has 1 fully saturated rings. The fraction of sp³-hybridized carbons (Fsp3) is 0.400. The lowest BCUT2D eigenvalue weighted by Gasteiger charge is -2.43. The van der Waals surface area contributed by atoms with Crippen LogP contribution in [0.15, 0.2) is 18.3 Å². The number of carboxylic acid groups (broad SMARTS) is 1. The molecule has 1 aromatic rings. The Labute approximate surface area is 125 Å². The number of pyridine rings is 1. The zero-order valence-electron chi connectivity index (χ0n) is 12.3. The second-order valence-electron chi connectivity index (χ2n) is 6.23. The third-order valence-corrected chi connectivity index (χ3v) is 4.11. The van der Waals surface area contributed by atoms with E-state index in [0.29, 0.717) is 5.69 Å². The molecule has 1 aromatic heterocycles. The minimum absolute atomic E-state index is 0.150. The molecular formula is C15H17N3O2Si. The van der Waals surface area contributed by atoms with E-state index in [1.54, 1.807) is 12.3 Å². The van der Waals surface area contributed by atoms with Crippen LogP contribution >= 0.6 is 0 Å². The number of aromatic nitrogens is 1. The smallest absolute Gasteiger partial charge is 0.407 e. The molecule has 1 aliphatic heterocycles. The second-order valence-corrected chi connectivity index (χ2v) is 11.0. The van der Waals surface area contributed by atoms with E-state index in [9.17, 15) is 10.1 Å². The van der Waals surface area contributed by atoms with E-state index in [1.807, 2.05) is 6.07 Å². The average molecular weight is 299 g/mol. The van der Waals surface area contributed by atoms with Crippen molar-refractivity contribution in [1.29, 1.82) is 5.26 Å². The summed E-state index contributed by atoms with van der Waals surface area (Å²) in [5, 5.41) is 18.5. The van der Waals surface area contributed by atoms with Gasteiger partial charge in [0.25, 0.3) is 0 Å². The molecule has 1 N–H and O–H groups in total. The Morgan fingerprint density at radius 2 is 2.14 bits per heavy atom. The molecule has 21 heavy (non-hydrogen) atoms. The fourth-order valence-electron chi connectivity index (χ4n) is 2.16. The van der Waals surface area contributed by atoms with Crippen LogP contribution < -0.4 is 0 Å². The zero-order valence-corrected chi connectivity index (χ0v) is 13.3. The molecule has 0 unspecified atom stereocenters. The highest BCUT2D eigenvalue weighted by Gasteiger charge is 2.49. The maximum Gasteiger partial charge on any atom is 0.407 e. The first-order chi connectivity index (χ1) is 9.77. The number of amides is 1. The maximum atomic E-state index is 10.9. The van der Waals surface area contributed by atoms with Crippen LogP contribution in [-0.4, -0.2) is 42.2 Å². The lowest BCUT2D eigenvalue weighted by atomic mass is 9.76. The first kappa shape index (κ1) is 15.1. The third-order valence-electron chi connectivity index (χ3n) is 3.24. The number of nitriles is 1. The van der Waals surface area contributed by atoms with Crippen molar-refractivity contribution in [3.63, 3.8) is 0 Å². The van der Waals surface area contributed by atoms with Crippen LogP contribution in [0, 0.1) is 22.8 Å². The summed E-state index contributed by atoms with van der Waals surface area (Å²) in [5.74, 6) is 3.14. The van der Waals surface area contributed by atoms with E-state index in [2.05, 4.69) is 42.2 Å². The van der Waals surface area contributed by atoms with Crippen LogP contribution in [0.3, 0.4) is 0 Å². The standard InChI is InChI=1S/C15H17N3O2Si/c1-21(2,3)8-6-12-5-4-7-17-13(12)15(9-16)10-18(11-15)14(19)20/h4-5,7H,10-11H2,1-3H3,(H,19,20). The number of hydrogen-bond acceptors (Lipinski definition) is 3. The Hall–Kier alpha value is -2.31. The van der Waals surface area contributed by atoms with Gasteiger partial charge in [-0.25, -0.2) is 4.79 Å². The molecule has 1 aliphatic rings. The molecule has 0 aliphatic carbocycles. The second kappa shape index (κ2) is 5.23. The van der Waals surface area contributed by atoms with Gasteiger partial charge in [-0.15, -0.1) is 5.54 Å². The van der Waals surface area contributed by atoms with Gasteiger partial charge in [-0.05, 0) is 12.1 Å². The van der Waals surface area contributed by atoms with Crippen LogP contribution in [0.4, 0.5) is 4.79 Å². The summed E-state index contributed by atoms with van der Waals surface area (Å²) in [5.41, 5.74) is 3.72. The molecule has 2 heterocycles. The van der Waals surface area contributed by atoms with Gasteiger partial charge in [0.15, 0.2) is 0 Å². The highest BCUT2D eigenvalue weighted by Crippen LogP contribution is 2.34. The van der Waals surface area contributed by atoms with Gasteiger partial charge < -0.3 is 10.0 Å². The van der Waals surface area contributed by atoms with Gasteiger partial charge in [0, 0.05) is 11.8 Å². The van der Waals surface area contributed by atoms with Crippen molar-refractivity contribution in [1.82, 2.24) is 9.88 Å². The van der Waals surface area contributed by atoms with Gasteiger partial charge in [0.2, 0.25) is 0 Å². The van der Waals surface area contributed by atoms with Crippen LogP contribution in [-0.2, 0) is 5.41 Å². The quantitative estimate of drug-likeness (QED) is 0.636. The minimum atomic E-state index is -1.53. The average Bonchev–Trinajstić information content (AvgIpc) is 2.35. The van der Waals surface area contributed by atoms with Crippen LogP contribution in [0.2, 0.25) is 19.6 Å². The lowest BCUT2D eigenvalue weighted by molar-refractivity contribution is 0.0816. The zero-order chi connectivity index (χ0) is 15.7. The molecule has 1 amide bonds. The molecule has 6 heteroatoms. The Balaban J connectivity index is 2.39. The van der Waals surface area contributed by atoms with Crippen molar-refractivity contribution in [2.24, 2.45) is 0 Å². The SMILES string of the molecule is C[Si](C)(C)C#Cc1cccnc1C1(C#N)CN(C(=O)O)C1. The van der Waals surface area contributed by atoms with Gasteiger partial charge in [-0.1, -0.05) is 25.6 Å². The highest BCUT2D eigenvalue weighted by molar-refractivity contribution is 6.83. The van der Waals surface area contributed by atoms with Crippen LogP contribution in [0.5, 0.6) is 0 Å². The highest BCUT2D eigenvalue weighted by atomic mass is 28.3. The van der Waals surface area contributed by atoms with Crippen LogP contribution in [0.1, 0.15) is 11.3 Å². The molecule has 5 nitrogen and oxygen atoms in total. The minimum Gasteiger partial charge on any atom is -0.465 e. The van der Waals surface area contributed by atoms with Gasteiger partial charge in [-0.2, -0.15) is 5.26 Å². The van der Waals surface area contributed by atoms with Gasteiger partial charge >= 0.3 is 6.09 Å². The topological polar surface area (TPSA) is 77.2 Å². The van der Waals surface area contributed by atoms with E-state index in [-0.39, 0.29) is 13.1 Å². The Bertz CT molecular complexity index is 671. The molecule has 0 spiro atoms. The molecule has 0 aromatic carbocycles. The fourth-order valence-corrected chi connectivity index (χ4v) is 2.67. The van der Waals surface area contributed by atoms with Gasteiger partial charge in [0.1, 0.15) is 13.5 Å². The van der Waals surface area contributed by atoms with Crippen molar-refractivity contribution in [2.45, 2.75) is 25.1 Å². The maximum absolute atomic E-state index is 10.9. The predicted octanol–water partition coefficient (Wildman–Crippen LogP) is 2.07.